The molecule has 5 N–H and O–H groups in total. The van der Waals surface area contributed by atoms with E-state index < -0.39 is 29.5 Å². The molecule has 3 heterocycles. The number of amides is 2. The fourth-order valence-electron chi connectivity index (χ4n) is 6.79. The van der Waals surface area contributed by atoms with Crippen molar-refractivity contribution in [1.29, 1.82) is 0 Å². The van der Waals surface area contributed by atoms with Crippen LogP contribution in [0.1, 0.15) is 48.0 Å². The van der Waals surface area contributed by atoms with Gasteiger partial charge >= 0.3 is 6.09 Å². The third kappa shape index (κ3) is 3.56. The topological polar surface area (TPSA) is 116 Å². The minimum Gasteiger partial charge on any atom is -0.465 e. The molecule has 5 rings (SSSR count). The summed E-state index contributed by atoms with van der Waals surface area (Å²) in [5.74, 6) is -1.34. The van der Waals surface area contributed by atoms with E-state index in [4.69, 9.17) is 5.73 Å². The molecule has 2 bridgehead atoms. The molecule has 0 spiro atoms. The lowest BCUT2D eigenvalue weighted by atomic mass is 9.64. The molecule has 2 aromatic carbocycles. The van der Waals surface area contributed by atoms with Crippen molar-refractivity contribution >= 4 is 12.0 Å². The van der Waals surface area contributed by atoms with Gasteiger partial charge in [0.2, 0.25) is 5.91 Å². The Hall–Kier alpha value is -2.97. The Morgan fingerprint density at radius 1 is 1.12 bits per heavy atom. The fraction of sp³-hybridized carbons (Fsp3) is 0.462. The van der Waals surface area contributed by atoms with Crippen LogP contribution in [0.4, 0.5) is 9.18 Å². The lowest BCUT2D eigenvalue weighted by Crippen LogP contribution is -2.63. The Morgan fingerprint density at radius 2 is 1.85 bits per heavy atom. The van der Waals surface area contributed by atoms with Gasteiger partial charge < -0.3 is 21.3 Å². The van der Waals surface area contributed by atoms with Gasteiger partial charge in [0.15, 0.2) is 0 Å². The predicted molar refractivity (Wildman–Crippen MR) is 125 cm³/mol. The monoisotopic (exact) mass is 467 g/mol. The number of hydrogen-bond acceptors (Lipinski definition) is 4. The third-order valence-corrected chi connectivity index (χ3v) is 8.12. The molecule has 3 aliphatic rings. The maximum atomic E-state index is 15.9. The lowest BCUT2D eigenvalue weighted by Gasteiger charge is -2.54. The van der Waals surface area contributed by atoms with Crippen LogP contribution in [0.2, 0.25) is 0 Å². The number of carbonyl (C=O) groups is 2. The van der Waals surface area contributed by atoms with E-state index >= 15 is 4.39 Å². The molecule has 0 radical (unpaired) electrons. The standard InChI is InChI=1S/C26H30FN3O4/c27-21-12-17(15-3-5-16(6-4-15)24(28)32)7-8-20(21)26-10-9-19(30(26)25(33)34)13-22(31)23(26)18-2-1-11-29-14-18/h3-8,12,18-19,22-23,29,31H,1-2,9-11,13-14H2,(H2,28,32)(H,33,34). The third-order valence-electron chi connectivity index (χ3n) is 8.12. The number of carbonyl (C=O) groups excluding carboxylic acids is 1. The van der Waals surface area contributed by atoms with Gasteiger partial charge in [-0.1, -0.05) is 24.3 Å². The van der Waals surface area contributed by atoms with Crippen molar-refractivity contribution in [3.63, 3.8) is 0 Å². The Bertz CT molecular complexity index is 1100. The van der Waals surface area contributed by atoms with Crippen molar-refractivity contribution in [3.05, 3.63) is 59.4 Å². The van der Waals surface area contributed by atoms with Crippen LogP contribution in [0.15, 0.2) is 42.5 Å². The number of aliphatic hydroxyl groups is 1. The zero-order valence-corrected chi connectivity index (χ0v) is 18.9. The SMILES string of the molecule is NC(=O)c1ccc(-c2ccc(C34CCC(CC(O)C3C3CCCNC3)N4C(=O)O)c(F)c2)cc1. The zero-order valence-electron chi connectivity index (χ0n) is 18.9. The van der Waals surface area contributed by atoms with Crippen LogP contribution in [0, 0.1) is 17.7 Å². The summed E-state index contributed by atoms with van der Waals surface area (Å²) in [6, 6.07) is 11.2. The average Bonchev–Trinajstić information content (AvgIpc) is 3.11. The van der Waals surface area contributed by atoms with Crippen LogP contribution in [-0.2, 0) is 5.54 Å². The van der Waals surface area contributed by atoms with Gasteiger partial charge in [-0.25, -0.2) is 9.18 Å². The Balaban J connectivity index is 1.59. The highest BCUT2D eigenvalue weighted by Gasteiger charge is 2.62. The number of halogens is 1. The normalized spacial score (nSPS) is 30.8. The largest absolute Gasteiger partial charge is 0.465 e. The van der Waals surface area contributed by atoms with Gasteiger partial charge in [0.05, 0.1) is 11.6 Å². The summed E-state index contributed by atoms with van der Waals surface area (Å²) in [4.78, 5) is 25.3. The highest BCUT2D eigenvalue weighted by atomic mass is 19.1. The smallest absolute Gasteiger partial charge is 0.408 e. The summed E-state index contributed by atoms with van der Waals surface area (Å²) in [6.07, 6.45) is 1.56. The van der Waals surface area contributed by atoms with Crippen LogP contribution in [0.25, 0.3) is 11.1 Å². The minimum absolute atomic E-state index is 0.0603. The number of hydrogen-bond donors (Lipinski definition) is 4. The van der Waals surface area contributed by atoms with E-state index in [1.807, 2.05) is 0 Å². The number of nitrogens with zero attached hydrogens (tertiary/aromatic N) is 1. The molecule has 180 valence electrons. The first-order valence-electron chi connectivity index (χ1n) is 11.9. The highest BCUT2D eigenvalue weighted by Crippen LogP contribution is 2.57. The predicted octanol–water partition coefficient (Wildman–Crippen LogP) is 3.31. The van der Waals surface area contributed by atoms with Crippen LogP contribution >= 0.6 is 0 Å². The van der Waals surface area contributed by atoms with Crippen molar-refractivity contribution in [2.45, 2.75) is 49.8 Å². The Morgan fingerprint density at radius 3 is 2.47 bits per heavy atom. The second kappa shape index (κ2) is 8.67. The Kier molecular flexibility index (Phi) is 5.81. The average molecular weight is 468 g/mol. The molecule has 0 aliphatic carbocycles. The summed E-state index contributed by atoms with van der Waals surface area (Å²) in [7, 11) is 0. The van der Waals surface area contributed by atoms with E-state index in [0.717, 1.165) is 24.9 Å². The van der Waals surface area contributed by atoms with E-state index in [1.165, 1.54) is 11.0 Å². The van der Waals surface area contributed by atoms with Crippen LogP contribution in [-0.4, -0.2) is 52.3 Å². The Labute approximate surface area is 197 Å². The van der Waals surface area contributed by atoms with Gasteiger partial charge in [-0.05, 0) is 80.4 Å². The number of aliphatic hydroxyl groups excluding tert-OH is 1. The van der Waals surface area contributed by atoms with Crippen LogP contribution in [0.3, 0.4) is 0 Å². The molecule has 8 heteroatoms. The van der Waals surface area contributed by atoms with Crippen molar-refractivity contribution in [2.75, 3.05) is 13.1 Å². The zero-order chi connectivity index (χ0) is 24.0. The fourth-order valence-corrected chi connectivity index (χ4v) is 6.79. The number of carboxylic acid groups (broad SMARTS) is 1. The summed E-state index contributed by atoms with van der Waals surface area (Å²) in [5, 5.41) is 24.8. The number of fused-ring (bicyclic) bond motifs is 2. The van der Waals surface area contributed by atoms with E-state index in [1.54, 1.807) is 36.4 Å². The van der Waals surface area contributed by atoms with Gasteiger partial charge in [-0.3, -0.25) is 9.69 Å². The maximum absolute atomic E-state index is 15.9. The van der Waals surface area contributed by atoms with Gasteiger partial charge in [0.25, 0.3) is 0 Å². The van der Waals surface area contributed by atoms with E-state index in [2.05, 4.69) is 5.32 Å². The molecule has 3 fully saturated rings. The lowest BCUT2D eigenvalue weighted by molar-refractivity contribution is -0.0931. The summed E-state index contributed by atoms with van der Waals surface area (Å²) >= 11 is 0. The van der Waals surface area contributed by atoms with E-state index in [9.17, 15) is 19.8 Å². The maximum Gasteiger partial charge on any atom is 0.408 e. The summed E-state index contributed by atoms with van der Waals surface area (Å²) < 4.78 is 15.9. The minimum atomic E-state index is -1.10. The molecule has 5 unspecified atom stereocenters. The number of nitrogens with two attached hydrogens (primary N) is 1. The first-order chi connectivity index (χ1) is 16.3. The molecule has 0 aromatic heterocycles. The molecule has 0 saturated carbocycles. The van der Waals surface area contributed by atoms with Crippen molar-refractivity contribution in [2.24, 2.45) is 17.6 Å². The molecule has 34 heavy (non-hydrogen) atoms. The quantitative estimate of drug-likeness (QED) is 0.551. The molecule has 3 saturated heterocycles. The summed E-state index contributed by atoms with van der Waals surface area (Å²) in [5.41, 5.74) is 6.26. The van der Waals surface area contributed by atoms with Gasteiger partial charge in [-0.2, -0.15) is 0 Å². The van der Waals surface area contributed by atoms with Crippen LogP contribution < -0.4 is 11.1 Å². The van der Waals surface area contributed by atoms with Gasteiger partial charge in [0.1, 0.15) is 5.82 Å². The number of rotatable bonds is 4. The highest BCUT2D eigenvalue weighted by molar-refractivity contribution is 5.93. The number of primary amides is 1. The number of piperidine rings is 2. The van der Waals surface area contributed by atoms with Crippen molar-refractivity contribution in [3.8, 4) is 11.1 Å². The number of nitrogens with one attached hydrogen (secondary N) is 1. The van der Waals surface area contributed by atoms with E-state index in [0.29, 0.717) is 42.5 Å². The second-order valence-electron chi connectivity index (χ2n) is 9.84. The first kappa shape index (κ1) is 22.8. The van der Waals surface area contributed by atoms with Gasteiger partial charge in [-0.15, -0.1) is 0 Å². The van der Waals surface area contributed by atoms with Crippen molar-refractivity contribution < 1.29 is 24.2 Å². The molecule has 2 aromatic rings. The van der Waals surface area contributed by atoms with Crippen molar-refractivity contribution in [1.82, 2.24) is 10.2 Å². The summed E-state index contributed by atoms with van der Waals surface area (Å²) in [6.45, 7) is 1.59. The molecule has 3 aliphatic heterocycles. The molecular weight excluding hydrogens is 437 g/mol. The molecule has 5 atom stereocenters. The second-order valence-corrected chi connectivity index (χ2v) is 9.84. The molecule has 2 amide bonds. The number of benzene rings is 2. The first-order valence-corrected chi connectivity index (χ1v) is 11.9. The van der Waals surface area contributed by atoms with Gasteiger partial charge in [0, 0.05) is 23.1 Å². The molecular formula is C26H30FN3O4. The van der Waals surface area contributed by atoms with Crippen LogP contribution in [0.5, 0.6) is 0 Å². The molecule has 7 nitrogen and oxygen atoms in total. The van der Waals surface area contributed by atoms with E-state index in [-0.39, 0.29) is 17.9 Å².